The van der Waals surface area contributed by atoms with E-state index in [0.29, 0.717) is 5.82 Å². The zero-order valence-corrected chi connectivity index (χ0v) is 30.9. The van der Waals surface area contributed by atoms with Crippen molar-refractivity contribution in [1.82, 2.24) is 19.5 Å². The number of pyridine rings is 1. The van der Waals surface area contributed by atoms with E-state index in [0.717, 1.165) is 49.9 Å². The van der Waals surface area contributed by atoms with Crippen LogP contribution in [0.3, 0.4) is 0 Å². The lowest BCUT2D eigenvalue weighted by molar-refractivity contribution is 1.17. The van der Waals surface area contributed by atoms with Crippen LogP contribution < -0.4 is 0 Å². The molecule has 0 aliphatic heterocycles. The second kappa shape index (κ2) is 13.6. The molecular weight excluding hydrogens is 693 g/mol. The SMILES string of the molecule is c1ccc(-c2ccc(-n3c4ccncc4c4cc(-c5ccnc(-c6ccc(-c7c8ccccc8c(-c8ccccc8)c8ccccc78)cc6)n5)ccc43)cc2)cc1. The molecule has 8 aromatic carbocycles. The van der Waals surface area contributed by atoms with Crippen LogP contribution in [0.1, 0.15) is 0 Å². The Morgan fingerprint density at radius 3 is 1.51 bits per heavy atom. The van der Waals surface area contributed by atoms with Gasteiger partial charge in [0, 0.05) is 46.2 Å². The largest absolute Gasteiger partial charge is 0.309 e. The van der Waals surface area contributed by atoms with Gasteiger partial charge in [-0.25, -0.2) is 9.97 Å². The van der Waals surface area contributed by atoms with E-state index in [9.17, 15) is 0 Å². The molecule has 266 valence electrons. The Bertz CT molecular complexity index is 3200. The summed E-state index contributed by atoms with van der Waals surface area (Å²) in [6.07, 6.45) is 5.69. The molecule has 0 fully saturated rings. The number of rotatable bonds is 6. The molecule has 0 unspecified atom stereocenters. The van der Waals surface area contributed by atoms with E-state index in [2.05, 4.69) is 185 Å². The molecule has 0 N–H and O–H groups in total. The molecule has 0 aliphatic rings. The Labute approximate surface area is 330 Å². The summed E-state index contributed by atoms with van der Waals surface area (Å²) < 4.78 is 2.32. The lowest BCUT2D eigenvalue weighted by Gasteiger charge is -2.17. The fourth-order valence-corrected chi connectivity index (χ4v) is 8.54. The third kappa shape index (κ3) is 5.58. The second-order valence-corrected chi connectivity index (χ2v) is 14.4. The van der Waals surface area contributed by atoms with Crippen molar-refractivity contribution < 1.29 is 0 Å². The third-order valence-electron chi connectivity index (χ3n) is 11.2. The van der Waals surface area contributed by atoms with Crippen LogP contribution in [0, 0.1) is 0 Å². The summed E-state index contributed by atoms with van der Waals surface area (Å²) >= 11 is 0. The van der Waals surface area contributed by atoms with Crippen molar-refractivity contribution in [3.8, 4) is 61.7 Å². The molecule has 11 rings (SSSR count). The zero-order valence-electron chi connectivity index (χ0n) is 30.9. The van der Waals surface area contributed by atoms with Gasteiger partial charge in [0.05, 0.1) is 16.7 Å². The molecule has 3 heterocycles. The normalized spacial score (nSPS) is 11.5. The average molecular weight is 727 g/mol. The van der Waals surface area contributed by atoms with E-state index in [1.807, 2.05) is 30.7 Å². The molecule has 0 saturated carbocycles. The highest BCUT2D eigenvalue weighted by Crippen LogP contribution is 2.44. The van der Waals surface area contributed by atoms with E-state index in [4.69, 9.17) is 9.97 Å². The van der Waals surface area contributed by atoms with E-state index in [-0.39, 0.29) is 0 Å². The molecule has 0 radical (unpaired) electrons. The number of hydrogen-bond acceptors (Lipinski definition) is 3. The van der Waals surface area contributed by atoms with Crippen LogP contribution in [-0.2, 0) is 0 Å². The molecular formula is C53H34N4. The average Bonchev–Trinajstić information content (AvgIpc) is 3.62. The predicted molar refractivity (Wildman–Crippen MR) is 236 cm³/mol. The fraction of sp³-hybridized carbons (Fsp3) is 0. The van der Waals surface area contributed by atoms with E-state index in [1.54, 1.807) is 0 Å². The minimum absolute atomic E-state index is 0.691. The second-order valence-electron chi connectivity index (χ2n) is 14.4. The van der Waals surface area contributed by atoms with E-state index >= 15 is 0 Å². The number of benzene rings is 8. The van der Waals surface area contributed by atoms with Gasteiger partial charge in [-0.3, -0.25) is 4.98 Å². The minimum atomic E-state index is 0.691. The number of nitrogens with zero attached hydrogens (tertiary/aromatic N) is 4. The monoisotopic (exact) mass is 726 g/mol. The van der Waals surface area contributed by atoms with Crippen LogP contribution in [0.25, 0.3) is 105 Å². The van der Waals surface area contributed by atoms with Crippen molar-refractivity contribution in [1.29, 1.82) is 0 Å². The molecule has 4 nitrogen and oxygen atoms in total. The zero-order chi connectivity index (χ0) is 37.7. The third-order valence-corrected chi connectivity index (χ3v) is 11.2. The lowest BCUT2D eigenvalue weighted by atomic mass is 9.86. The Hall–Kier alpha value is -7.69. The van der Waals surface area contributed by atoms with Gasteiger partial charge in [0.2, 0.25) is 0 Å². The van der Waals surface area contributed by atoms with Gasteiger partial charge in [0.1, 0.15) is 0 Å². The Balaban J connectivity index is 0.965. The van der Waals surface area contributed by atoms with Gasteiger partial charge in [-0.2, -0.15) is 0 Å². The van der Waals surface area contributed by atoms with E-state index in [1.165, 1.54) is 49.4 Å². The van der Waals surface area contributed by atoms with Crippen LogP contribution in [0.2, 0.25) is 0 Å². The molecule has 4 heteroatoms. The maximum absolute atomic E-state index is 5.12. The van der Waals surface area contributed by atoms with Crippen LogP contribution >= 0.6 is 0 Å². The maximum Gasteiger partial charge on any atom is 0.159 e. The van der Waals surface area contributed by atoms with Crippen molar-refractivity contribution in [2.24, 2.45) is 0 Å². The van der Waals surface area contributed by atoms with Gasteiger partial charge in [0.25, 0.3) is 0 Å². The van der Waals surface area contributed by atoms with Gasteiger partial charge in [0.15, 0.2) is 5.82 Å². The summed E-state index contributed by atoms with van der Waals surface area (Å²) in [5.74, 6) is 0.691. The Morgan fingerprint density at radius 2 is 0.860 bits per heavy atom. The van der Waals surface area contributed by atoms with Crippen molar-refractivity contribution in [2.75, 3.05) is 0 Å². The van der Waals surface area contributed by atoms with Gasteiger partial charge >= 0.3 is 0 Å². The molecule has 0 saturated heterocycles. The highest BCUT2D eigenvalue weighted by molar-refractivity contribution is 6.21. The minimum Gasteiger partial charge on any atom is -0.309 e. The number of aromatic nitrogens is 4. The summed E-state index contributed by atoms with van der Waals surface area (Å²) in [7, 11) is 0. The molecule has 0 aliphatic carbocycles. The van der Waals surface area contributed by atoms with Crippen molar-refractivity contribution in [3.05, 3.63) is 207 Å². The molecule has 0 atom stereocenters. The maximum atomic E-state index is 5.12. The summed E-state index contributed by atoms with van der Waals surface area (Å²) in [6, 6.07) is 66.9. The first-order valence-corrected chi connectivity index (χ1v) is 19.3. The summed E-state index contributed by atoms with van der Waals surface area (Å²) in [5.41, 5.74) is 13.5. The Morgan fingerprint density at radius 1 is 0.351 bits per heavy atom. The predicted octanol–water partition coefficient (Wildman–Crippen LogP) is 13.6. The molecule has 11 aromatic rings. The van der Waals surface area contributed by atoms with Crippen LogP contribution in [0.15, 0.2) is 207 Å². The molecule has 0 spiro atoms. The van der Waals surface area contributed by atoms with Gasteiger partial charge in [-0.05, 0) is 91.3 Å². The highest BCUT2D eigenvalue weighted by atomic mass is 15.0. The highest BCUT2D eigenvalue weighted by Gasteiger charge is 2.18. The number of fused-ring (bicyclic) bond motifs is 5. The van der Waals surface area contributed by atoms with Gasteiger partial charge in [-0.15, -0.1) is 0 Å². The fourth-order valence-electron chi connectivity index (χ4n) is 8.54. The van der Waals surface area contributed by atoms with E-state index < -0.39 is 0 Å². The topological polar surface area (TPSA) is 43.6 Å². The lowest BCUT2D eigenvalue weighted by Crippen LogP contribution is -1.94. The number of hydrogen-bond donors (Lipinski definition) is 0. The van der Waals surface area contributed by atoms with Crippen LogP contribution in [0.5, 0.6) is 0 Å². The summed E-state index contributed by atoms with van der Waals surface area (Å²) in [5, 5.41) is 7.19. The van der Waals surface area contributed by atoms with Crippen LogP contribution in [-0.4, -0.2) is 19.5 Å². The van der Waals surface area contributed by atoms with Crippen LogP contribution in [0.4, 0.5) is 0 Å². The molecule has 3 aromatic heterocycles. The van der Waals surface area contributed by atoms with Crippen molar-refractivity contribution in [2.45, 2.75) is 0 Å². The summed E-state index contributed by atoms with van der Waals surface area (Å²) in [4.78, 5) is 14.4. The summed E-state index contributed by atoms with van der Waals surface area (Å²) in [6.45, 7) is 0. The smallest absolute Gasteiger partial charge is 0.159 e. The van der Waals surface area contributed by atoms with Gasteiger partial charge < -0.3 is 4.57 Å². The standard InChI is InChI=1S/C53H34N4/c1-3-11-35(12-4-1)36-23-26-41(27-24-36)57-49-28-25-40(33-46(49)47-34-54-31-30-50(47)57)48-29-32-55-53(56-48)39-21-19-38(20-22-39)52-44-17-9-7-15-42(44)51(37-13-5-2-6-14-37)43-16-8-10-18-45(43)52/h1-34H. The molecule has 0 amide bonds. The quantitative estimate of drug-likeness (QED) is 0.160. The first kappa shape index (κ1) is 32.7. The molecule has 57 heavy (non-hydrogen) atoms. The first-order valence-electron chi connectivity index (χ1n) is 19.3. The first-order chi connectivity index (χ1) is 28.3. The Kier molecular flexibility index (Phi) is 7.78. The van der Waals surface area contributed by atoms with Gasteiger partial charge in [-0.1, -0.05) is 152 Å². The van der Waals surface area contributed by atoms with Crippen molar-refractivity contribution in [3.63, 3.8) is 0 Å². The molecule has 0 bridgehead atoms. The van der Waals surface area contributed by atoms with Crippen molar-refractivity contribution >= 4 is 43.4 Å².